The van der Waals surface area contributed by atoms with Crippen molar-refractivity contribution in [3.63, 3.8) is 0 Å². The van der Waals surface area contributed by atoms with Crippen LogP contribution in [0.3, 0.4) is 0 Å². The maximum absolute atomic E-state index is 12.3. The second-order valence-corrected chi connectivity index (χ2v) is 6.05. The van der Waals surface area contributed by atoms with Crippen molar-refractivity contribution in [2.45, 2.75) is 38.5 Å². The first kappa shape index (κ1) is 20.2. The van der Waals surface area contributed by atoms with Gasteiger partial charge in [-0.15, -0.1) is 0 Å². The van der Waals surface area contributed by atoms with Crippen molar-refractivity contribution < 1.29 is 24.9 Å². The van der Waals surface area contributed by atoms with Gasteiger partial charge in [-0.25, -0.2) is 9.80 Å². The second-order valence-electron chi connectivity index (χ2n) is 6.05. The third kappa shape index (κ3) is 3.81. The van der Waals surface area contributed by atoms with Crippen molar-refractivity contribution in [2.75, 3.05) is 7.05 Å². The molecule has 2 atom stereocenters. The quantitative estimate of drug-likeness (QED) is 0.610. The molecule has 0 fully saturated rings. The maximum Gasteiger partial charge on any atom is 0.336 e. The van der Waals surface area contributed by atoms with Crippen LogP contribution in [0.4, 0.5) is 4.79 Å². The summed E-state index contributed by atoms with van der Waals surface area (Å²) in [6, 6.07) is 5.24. The number of nitrogens with zero attached hydrogens (tertiary/aromatic N) is 2. The first-order valence-electron chi connectivity index (χ1n) is 7.40. The molecule has 9 nitrogen and oxygen atoms in total. The predicted octanol–water partition coefficient (Wildman–Crippen LogP) is -0.000920. The van der Waals surface area contributed by atoms with Crippen LogP contribution in [0.1, 0.15) is 37.9 Å². The van der Waals surface area contributed by atoms with Gasteiger partial charge in [0.15, 0.2) is 0 Å². The standard InChI is InChI=1S/C16H20N4O4.H2O/c1-9(21)19-20(15(23)18-4)13-11-7-10(8-17)5-6-12(11)24-16(2,3)14(13)22;/h5-7,13-14,22H,1-4H3,(H,18,23)(H,19,21);1H2/t13-,14+;/m0./s1. The molecule has 1 heterocycles. The zero-order valence-corrected chi connectivity index (χ0v) is 14.5. The van der Waals surface area contributed by atoms with Gasteiger partial charge in [0.1, 0.15) is 23.5 Å². The zero-order chi connectivity index (χ0) is 18.1. The molecule has 25 heavy (non-hydrogen) atoms. The monoisotopic (exact) mass is 350 g/mol. The Morgan fingerprint density at radius 2 is 2.04 bits per heavy atom. The number of aliphatic hydroxyl groups is 1. The molecule has 1 aliphatic heterocycles. The summed E-state index contributed by atoms with van der Waals surface area (Å²) >= 11 is 0. The van der Waals surface area contributed by atoms with Gasteiger partial charge in [0.2, 0.25) is 5.91 Å². The van der Waals surface area contributed by atoms with E-state index in [-0.39, 0.29) is 5.48 Å². The maximum atomic E-state index is 12.3. The summed E-state index contributed by atoms with van der Waals surface area (Å²) < 4.78 is 5.80. The van der Waals surface area contributed by atoms with E-state index in [2.05, 4.69) is 10.7 Å². The van der Waals surface area contributed by atoms with Gasteiger partial charge in [-0.05, 0) is 32.0 Å². The summed E-state index contributed by atoms with van der Waals surface area (Å²) in [6.45, 7) is 4.63. The van der Waals surface area contributed by atoms with E-state index in [9.17, 15) is 14.7 Å². The van der Waals surface area contributed by atoms with Crippen molar-refractivity contribution >= 4 is 11.9 Å². The summed E-state index contributed by atoms with van der Waals surface area (Å²) in [5.74, 6) is -0.0263. The van der Waals surface area contributed by atoms with Crippen molar-refractivity contribution in [3.05, 3.63) is 29.3 Å². The minimum atomic E-state index is -1.14. The molecule has 1 aromatic carbocycles. The van der Waals surface area contributed by atoms with Crippen LogP contribution in [0.2, 0.25) is 0 Å². The second kappa shape index (κ2) is 7.38. The Bertz CT molecular complexity index is 713. The van der Waals surface area contributed by atoms with Gasteiger partial charge >= 0.3 is 6.03 Å². The van der Waals surface area contributed by atoms with Crippen molar-refractivity contribution in [3.8, 4) is 11.8 Å². The lowest BCUT2D eigenvalue weighted by atomic mass is 9.85. The molecule has 1 aromatic rings. The van der Waals surface area contributed by atoms with E-state index in [1.165, 1.54) is 20.0 Å². The van der Waals surface area contributed by atoms with Gasteiger partial charge < -0.3 is 20.6 Å². The van der Waals surface area contributed by atoms with Gasteiger partial charge in [0.25, 0.3) is 0 Å². The lowest BCUT2D eigenvalue weighted by Crippen LogP contribution is -2.60. The van der Waals surface area contributed by atoms with Gasteiger partial charge in [-0.2, -0.15) is 5.26 Å². The summed E-state index contributed by atoms with van der Waals surface area (Å²) in [6.07, 6.45) is -1.14. The fourth-order valence-electron chi connectivity index (χ4n) is 2.65. The van der Waals surface area contributed by atoms with Crippen LogP contribution < -0.4 is 15.5 Å². The van der Waals surface area contributed by atoms with E-state index in [1.807, 2.05) is 6.07 Å². The van der Waals surface area contributed by atoms with Crippen LogP contribution in [-0.2, 0) is 4.79 Å². The third-order valence-corrected chi connectivity index (χ3v) is 3.83. The Morgan fingerprint density at radius 3 is 2.56 bits per heavy atom. The molecule has 0 radical (unpaired) electrons. The molecular formula is C16H22N4O5. The number of amides is 3. The Kier molecular flexibility index (Phi) is 5.96. The summed E-state index contributed by atoms with van der Waals surface area (Å²) in [4.78, 5) is 23.8. The number of urea groups is 1. The molecule has 1 aliphatic rings. The van der Waals surface area contributed by atoms with Crippen molar-refractivity contribution in [2.24, 2.45) is 0 Å². The first-order chi connectivity index (χ1) is 11.2. The molecule has 5 N–H and O–H groups in total. The number of ether oxygens (including phenoxy) is 1. The minimum Gasteiger partial charge on any atom is -0.485 e. The molecule has 0 aliphatic carbocycles. The summed E-state index contributed by atoms with van der Waals surface area (Å²) in [5.41, 5.74) is 2.23. The lowest BCUT2D eigenvalue weighted by Gasteiger charge is -2.45. The Morgan fingerprint density at radius 1 is 1.40 bits per heavy atom. The number of rotatable bonds is 1. The summed E-state index contributed by atoms with van der Waals surface area (Å²) in [5, 5.41) is 23.3. The van der Waals surface area contributed by atoms with E-state index < -0.39 is 29.7 Å². The Labute approximate surface area is 145 Å². The van der Waals surface area contributed by atoms with Crippen LogP contribution in [-0.4, -0.2) is 46.3 Å². The van der Waals surface area contributed by atoms with Crippen LogP contribution >= 0.6 is 0 Å². The molecule has 2 rings (SSSR count). The number of hydrazine groups is 1. The molecule has 9 heteroatoms. The number of nitrogens with one attached hydrogen (secondary N) is 2. The van der Waals surface area contributed by atoms with E-state index >= 15 is 0 Å². The Balaban J connectivity index is 0.00000312. The molecular weight excluding hydrogens is 328 g/mol. The molecule has 3 amide bonds. The normalized spacial score (nSPS) is 20.0. The van der Waals surface area contributed by atoms with Gasteiger partial charge in [-0.1, -0.05) is 0 Å². The number of carbonyl (C=O) groups excluding carboxylic acids is 2. The third-order valence-electron chi connectivity index (χ3n) is 3.83. The molecule has 0 aromatic heterocycles. The van der Waals surface area contributed by atoms with Crippen molar-refractivity contribution in [1.29, 1.82) is 5.26 Å². The average molecular weight is 350 g/mol. The van der Waals surface area contributed by atoms with Crippen LogP contribution in [0.25, 0.3) is 0 Å². The smallest absolute Gasteiger partial charge is 0.336 e. The topological polar surface area (TPSA) is 146 Å². The van der Waals surface area contributed by atoms with Crippen LogP contribution in [0.15, 0.2) is 18.2 Å². The number of hydrogen-bond acceptors (Lipinski definition) is 5. The van der Waals surface area contributed by atoms with E-state index in [4.69, 9.17) is 10.00 Å². The largest absolute Gasteiger partial charge is 0.485 e. The minimum absolute atomic E-state index is 0. The number of hydrogen-bond donors (Lipinski definition) is 3. The molecule has 0 unspecified atom stereocenters. The van der Waals surface area contributed by atoms with Gasteiger partial charge in [-0.3, -0.25) is 10.2 Å². The zero-order valence-electron chi connectivity index (χ0n) is 14.5. The first-order valence-corrected chi connectivity index (χ1v) is 7.40. The highest BCUT2D eigenvalue weighted by Crippen LogP contribution is 2.42. The number of benzene rings is 1. The van der Waals surface area contributed by atoms with Crippen molar-refractivity contribution in [1.82, 2.24) is 15.8 Å². The fraction of sp³-hybridized carbons (Fsp3) is 0.438. The SMILES string of the molecule is CNC(=O)N(NC(C)=O)[C@H]1c2cc(C#N)ccc2OC(C)(C)[C@@H]1O.O. The average Bonchev–Trinajstić information content (AvgIpc) is 2.53. The molecule has 0 saturated heterocycles. The number of nitriles is 1. The Hall–Kier alpha value is -2.83. The van der Waals surface area contributed by atoms with E-state index in [0.29, 0.717) is 16.9 Å². The molecule has 0 saturated carbocycles. The lowest BCUT2D eigenvalue weighted by molar-refractivity contribution is -0.129. The highest BCUT2D eigenvalue weighted by molar-refractivity contribution is 5.80. The highest BCUT2D eigenvalue weighted by Gasteiger charge is 2.47. The highest BCUT2D eigenvalue weighted by atomic mass is 16.5. The van der Waals surface area contributed by atoms with Gasteiger partial charge in [0, 0.05) is 19.5 Å². The number of aliphatic hydroxyl groups excluding tert-OH is 1. The molecule has 136 valence electrons. The van der Waals surface area contributed by atoms with E-state index in [1.54, 1.807) is 26.0 Å². The number of fused-ring (bicyclic) bond motifs is 1. The van der Waals surface area contributed by atoms with Crippen LogP contribution in [0, 0.1) is 11.3 Å². The predicted molar refractivity (Wildman–Crippen MR) is 88.3 cm³/mol. The number of carbonyl (C=O) groups is 2. The van der Waals surface area contributed by atoms with Crippen LogP contribution in [0.5, 0.6) is 5.75 Å². The van der Waals surface area contributed by atoms with Gasteiger partial charge in [0.05, 0.1) is 11.6 Å². The molecule has 0 bridgehead atoms. The summed E-state index contributed by atoms with van der Waals surface area (Å²) in [7, 11) is 1.42. The van der Waals surface area contributed by atoms with E-state index in [0.717, 1.165) is 5.01 Å². The fourth-order valence-corrected chi connectivity index (χ4v) is 2.65. The molecule has 0 spiro atoms.